The van der Waals surface area contributed by atoms with E-state index in [0.29, 0.717) is 6.54 Å². The summed E-state index contributed by atoms with van der Waals surface area (Å²) in [6.45, 7) is 7.80. The molecule has 0 aromatic heterocycles. The largest absolute Gasteiger partial charge is 0.368 e. The van der Waals surface area contributed by atoms with E-state index in [2.05, 4.69) is 49.1 Å². The van der Waals surface area contributed by atoms with Crippen LogP contribution < -0.4 is 14.9 Å². The number of para-hydroxylation sites is 1. The van der Waals surface area contributed by atoms with Crippen molar-refractivity contribution in [1.29, 1.82) is 0 Å². The van der Waals surface area contributed by atoms with E-state index in [1.54, 1.807) is 7.05 Å². The van der Waals surface area contributed by atoms with Gasteiger partial charge in [0.25, 0.3) is 0 Å². The number of aliphatic imine (C=N–C) groups is 1. The highest BCUT2D eigenvalue weighted by atomic mass is 32.2. The summed E-state index contributed by atoms with van der Waals surface area (Å²) in [5.41, 5.74) is 3.00. The Morgan fingerprint density at radius 1 is 0.968 bits per heavy atom. The molecule has 1 saturated heterocycles. The van der Waals surface area contributed by atoms with Crippen molar-refractivity contribution in [3.63, 3.8) is 0 Å². The molecule has 0 atom stereocenters. The second-order valence-electron chi connectivity index (χ2n) is 8.01. The van der Waals surface area contributed by atoms with Gasteiger partial charge >= 0.3 is 0 Å². The van der Waals surface area contributed by atoms with Gasteiger partial charge in [-0.05, 0) is 37.1 Å². The monoisotopic (exact) mass is 443 g/mol. The van der Waals surface area contributed by atoms with Crippen LogP contribution in [0.1, 0.15) is 25.0 Å². The van der Waals surface area contributed by atoms with Gasteiger partial charge < -0.3 is 15.1 Å². The van der Waals surface area contributed by atoms with Crippen LogP contribution in [0.2, 0.25) is 0 Å². The first-order chi connectivity index (χ1) is 14.9. The first-order valence-corrected chi connectivity index (χ1v) is 12.4. The summed E-state index contributed by atoms with van der Waals surface area (Å²) in [6.07, 6.45) is 0. The van der Waals surface area contributed by atoms with Crippen molar-refractivity contribution in [2.45, 2.75) is 32.2 Å². The second kappa shape index (κ2) is 10.6. The molecule has 0 unspecified atom stereocenters. The van der Waals surface area contributed by atoms with E-state index in [4.69, 9.17) is 0 Å². The Kier molecular flexibility index (Phi) is 7.92. The molecule has 0 aliphatic carbocycles. The number of hydrogen-bond donors (Lipinski definition) is 2. The Bertz CT molecular complexity index is 968. The number of piperazine rings is 1. The van der Waals surface area contributed by atoms with Gasteiger partial charge in [-0.2, -0.15) is 0 Å². The molecule has 7 nitrogen and oxygen atoms in total. The van der Waals surface area contributed by atoms with Crippen molar-refractivity contribution in [3.05, 3.63) is 65.7 Å². The number of sulfonamides is 1. The highest BCUT2D eigenvalue weighted by molar-refractivity contribution is 7.88. The van der Waals surface area contributed by atoms with Gasteiger partial charge in [0.2, 0.25) is 10.0 Å². The molecule has 168 valence electrons. The van der Waals surface area contributed by atoms with Crippen LogP contribution in [-0.4, -0.2) is 58.5 Å². The third-order valence-corrected chi connectivity index (χ3v) is 6.75. The smallest absolute Gasteiger partial charge is 0.216 e. The summed E-state index contributed by atoms with van der Waals surface area (Å²) in [5, 5.41) is 3.42. The van der Waals surface area contributed by atoms with Crippen molar-refractivity contribution in [1.82, 2.24) is 14.9 Å². The van der Waals surface area contributed by atoms with Crippen molar-refractivity contribution >= 4 is 21.7 Å². The number of benzene rings is 2. The summed E-state index contributed by atoms with van der Waals surface area (Å²) in [6, 6.07) is 18.0. The zero-order chi connectivity index (χ0) is 22.3. The summed E-state index contributed by atoms with van der Waals surface area (Å²) in [4.78, 5) is 9.08. The SMILES string of the molecule is CN=C(NCc1ccccc1CS(=O)(=O)NC(C)C)N1CCN(c2ccccc2)CC1. The maximum atomic E-state index is 12.4. The van der Waals surface area contributed by atoms with Crippen LogP contribution in [0.5, 0.6) is 0 Å². The van der Waals surface area contributed by atoms with Crippen LogP contribution in [-0.2, 0) is 22.3 Å². The summed E-state index contributed by atoms with van der Waals surface area (Å²) in [5.74, 6) is 0.808. The molecule has 0 saturated carbocycles. The molecule has 3 rings (SSSR count). The molecule has 0 bridgehead atoms. The lowest BCUT2D eigenvalue weighted by Crippen LogP contribution is -2.52. The number of nitrogens with one attached hydrogen (secondary N) is 2. The highest BCUT2D eigenvalue weighted by Crippen LogP contribution is 2.16. The predicted molar refractivity (Wildman–Crippen MR) is 128 cm³/mol. The van der Waals surface area contributed by atoms with Crippen LogP contribution in [0.25, 0.3) is 0 Å². The van der Waals surface area contributed by atoms with Gasteiger partial charge in [0.1, 0.15) is 0 Å². The lowest BCUT2D eigenvalue weighted by atomic mass is 10.1. The van der Waals surface area contributed by atoms with Gasteiger partial charge in [0, 0.05) is 51.5 Å². The van der Waals surface area contributed by atoms with E-state index in [0.717, 1.165) is 43.3 Å². The van der Waals surface area contributed by atoms with E-state index >= 15 is 0 Å². The summed E-state index contributed by atoms with van der Waals surface area (Å²) in [7, 11) is -1.59. The lowest BCUT2D eigenvalue weighted by Gasteiger charge is -2.37. The summed E-state index contributed by atoms with van der Waals surface area (Å²) >= 11 is 0. The molecule has 8 heteroatoms. The third kappa shape index (κ3) is 6.70. The summed E-state index contributed by atoms with van der Waals surface area (Å²) < 4.78 is 27.4. The molecule has 0 radical (unpaired) electrons. The number of guanidine groups is 1. The number of nitrogens with zero attached hydrogens (tertiary/aromatic N) is 3. The van der Waals surface area contributed by atoms with Gasteiger partial charge in [-0.15, -0.1) is 0 Å². The maximum absolute atomic E-state index is 12.4. The lowest BCUT2D eigenvalue weighted by molar-refractivity contribution is 0.372. The van der Waals surface area contributed by atoms with E-state index in [1.165, 1.54) is 5.69 Å². The molecule has 1 aliphatic heterocycles. The van der Waals surface area contributed by atoms with Crippen molar-refractivity contribution in [2.24, 2.45) is 4.99 Å². The molecule has 0 amide bonds. The Balaban J connectivity index is 1.59. The van der Waals surface area contributed by atoms with E-state index in [-0.39, 0.29) is 11.8 Å². The van der Waals surface area contributed by atoms with Crippen LogP contribution in [0.4, 0.5) is 5.69 Å². The van der Waals surface area contributed by atoms with Gasteiger partial charge in [-0.1, -0.05) is 42.5 Å². The fraction of sp³-hybridized carbons (Fsp3) is 0.435. The Labute approximate surface area is 186 Å². The van der Waals surface area contributed by atoms with Gasteiger partial charge in [0.15, 0.2) is 5.96 Å². The second-order valence-corrected chi connectivity index (χ2v) is 9.76. The van der Waals surface area contributed by atoms with Crippen LogP contribution in [0.3, 0.4) is 0 Å². The maximum Gasteiger partial charge on any atom is 0.216 e. The standard InChI is InChI=1S/C23H33N5O2S/c1-19(2)26-31(29,30)18-21-10-8-7-9-20(21)17-25-23(24-3)28-15-13-27(14-16-28)22-11-5-4-6-12-22/h4-12,19,26H,13-18H2,1-3H3,(H,24,25). The minimum atomic E-state index is -3.38. The first kappa shape index (κ1) is 23.1. The Morgan fingerprint density at radius 2 is 1.58 bits per heavy atom. The normalized spacial score (nSPS) is 15.4. The molecule has 1 heterocycles. The molecule has 2 N–H and O–H groups in total. The van der Waals surface area contributed by atoms with Gasteiger partial charge in [-0.25, -0.2) is 13.1 Å². The number of hydrogen-bond acceptors (Lipinski definition) is 4. The molecule has 1 fully saturated rings. The number of anilines is 1. The molecule has 1 aliphatic rings. The van der Waals surface area contributed by atoms with Crippen LogP contribution >= 0.6 is 0 Å². The van der Waals surface area contributed by atoms with Gasteiger partial charge in [-0.3, -0.25) is 4.99 Å². The third-order valence-electron chi connectivity index (χ3n) is 5.23. The topological polar surface area (TPSA) is 77.0 Å². The van der Waals surface area contributed by atoms with E-state index in [1.807, 2.05) is 44.2 Å². The average Bonchev–Trinajstić information content (AvgIpc) is 2.75. The molecular weight excluding hydrogens is 410 g/mol. The van der Waals surface area contributed by atoms with Crippen LogP contribution in [0.15, 0.2) is 59.6 Å². The Morgan fingerprint density at radius 3 is 2.19 bits per heavy atom. The van der Waals surface area contributed by atoms with Crippen molar-refractivity contribution < 1.29 is 8.42 Å². The van der Waals surface area contributed by atoms with Crippen molar-refractivity contribution in [3.8, 4) is 0 Å². The predicted octanol–water partition coefficient (Wildman–Crippen LogP) is 2.41. The minimum absolute atomic E-state index is 0.0304. The molecule has 0 spiro atoms. The molecule has 31 heavy (non-hydrogen) atoms. The number of rotatable bonds is 7. The average molecular weight is 444 g/mol. The minimum Gasteiger partial charge on any atom is -0.368 e. The van der Waals surface area contributed by atoms with E-state index < -0.39 is 10.0 Å². The fourth-order valence-electron chi connectivity index (χ4n) is 3.80. The van der Waals surface area contributed by atoms with Gasteiger partial charge in [0.05, 0.1) is 5.75 Å². The molecular formula is C23H33N5O2S. The quantitative estimate of drug-likeness (QED) is 0.508. The molecule has 2 aromatic carbocycles. The zero-order valence-electron chi connectivity index (χ0n) is 18.6. The van der Waals surface area contributed by atoms with E-state index in [9.17, 15) is 8.42 Å². The van der Waals surface area contributed by atoms with Crippen molar-refractivity contribution in [2.75, 3.05) is 38.1 Å². The zero-order valence-corrected chi connectivity index (χ0v) is 19.4. The Hall–Kier alpha value is -2.58. The fourth-order valence-corrected chi connectivity index (χ4v) is 5.29. The first-order valence-electron chi connectivity index (χ1n) is 10.7. The van der Waals surface area contributed by atoms with Crippen LogP contribution in [0, 0.1) is 0 Å². The molecule has 2 aromatic rings. The highest BCUT2D eigenvalue weighted by Gasteiger charge is 2.20.